The highest BCUT2D eigenvalue weighted by atomic mass is 16.5. The zero-order chi connectivity index (χ0) is 20.3. The lowest BCUT2D eigenvalue weighted by Crippen LogP contribution is -2.52. The highest BCUT2D eigenvalue weighted by Crippen LogP contribution is 2.43. The molecule has 2 fully saturated rings. The number of carbonyl (C=O) groups is 1. The Morgan fingerprint density at radius 1 is 1.14 bits per heavy atom. The van der Waals surface area contributed by atoms with Crippen LogP contribution in [0.5, 0.6) is 5.75 Å². The fourth-order valence-corrected chi connectivity index (χ4v) is 4.55. The summed E-state index contributed by atoms with van der Waals surface area (Å²) in [5, 5.41) is 10.5. The third kappa shape index (κ3) is 4.62. The maximum atomic E-state index is 12.7. The van der Waals surface area contributed by atoms with Crippen LogP contribution >= 0.6 is 0 Å². The third-order valence-corrected chi connectivity index (χ3v) is 6.20. The lowest BCUT2D eigenvalue weighted by atomic mass is 9.81. The summed E-state index contributed by atoms with van der Waals surface area (Å²) in [6.07, 6.45) is 2.76. The molecule has 0 bridgehead atoms. The van der Waals surface area contributed by atoms with Gasteiger partial charge in [0.15, 0.2) is 0 Å². The Bertz CT molecular complexity index is 813. The molecule has 0 aliphatic carbocycles. The zero-order valence-electron chi connectivity index (χ0n) is 16.9. The van der Waals surface area contributed by atoms with Gasteiger partial charge in [0.1, 0.15) is 5.75 Å². The first-order valence-electron chi connectivity index (χ1n) is 10.4. The molecular formula is C24H29NO4. The maximum Gasteiger partial charge on any atom is 0.226 e. The van der Waals surface area contributed by atoms with Gasteiger partial charge in [-0.25, -0.2) is 0 Å². The summed E-state index contributed by atoms with van der Waals surface area (Å²) in [5.41, 5.74) is 1.77. The summed E-state index contributed by atoms with van der Waals surface area (Å²) in [6.45, 7) is 1.34. The van der Waals surface area contributed by atoms with Crippen LogP contribution in [0.3, 0.4) is 0 Å². The zero-order valence-corrected chi connectivity index (χ0v) is 16.9. The van der Waals surface area contributed by atoms with Gasteiger partial charge in [-0.05, 0) is 36.1 Å². The predicted octanol–water partition coefficient (Wildman–Crippen LogP) is 3.51. The lowest BCUT2D eigenvalue weighted by Gasteiger charge is -2.48. The second-order valence-electron chi connectivity index (χ2n) is 8.20. The Labute approximate surface area is 172 Å². The molecule has 1 amide bonds. The van der Waals surface area contributed by atoms with Crippen molar-refractivity contribution in [1.82, 2.24) is 4.90 Å². The number of rotatable bonds is 4. The van der Waals surface area contributed by atoms with Crippen molar-refractivity contribution in [2.75, 3.05) is 20.2 Å². The van der Waals surface area contributed by atoms with Crippen LogP contribution in [-0.4, -0.2) is 47.8 Å². The van der Waals surface area contributed by atoms with Gasteiger partial charge in [0.05, 0.1) is 31.3 Å². The van der Waals surface area contributed by atoms with E-state index in [1.54, 1.807) is 7.11 Å². The number of amides is 1. The molecule has 2 aliphatic heterocycles. The number of carbonyl (C=O) groups excluding carboxylic acids is 1. The minimum atomic E-state index is -0.365. The molecule has 2 heterocycles. The summed E-state index contributed by atoms with van der Waals surface area (Å²) >= 11 is 0. The van der Waals surface area contributed by atoms with Crippen molar-refractivity contribution in [2.24, 2.45) is 0 Å². The van der Waals surface area contributed by atoms with Crippen LogP contribution in [0.15, 0.2) is 54.6 Å². The molecule has 2 aromatic rings. The Balaban J connectivity index is 1.36. The second-order valence-corrected chi connectivity index (χ2v) is 8.20. The molecule has 154 valence electrons. The van der Waals surface area contributed by atoms with Gasteiger partial charge in [0, 0.05) is 25.9 Å². The van der Waals surface area contributed by atoms with Gasteiger partial charge < -0.3 is 19.5 Å². The van der Waals surface area contributed by atoms with Gasteiger partial charge in [-0.1, -0.05) is 42.5 Å². The number of ether oxygens (including phenoxy) is 2. The van der Waals surface area contributed by atoms with Crippen molar-refractivity contribution in [3.63, 3.8) is 0 Å². The molecule has 0 aromatic heterocycles. The highest BCUT2D eigenvalue weighted by molar-refractivity contribution is 5.79. The van der Waals surface area contributed by atoms with Gasteiger partial charge >= 0.3 is 0 Å². The van der Waals surface area contributed by atoms with E-state index in [-0.39, 0.29) is 23.7 Å². The van der Waals surface area contributed by atoms with Crippen LogP contribution in [0.25, 0.3) is 0 Å². The van der Waals surface area contributed by atoms with Crippen molar-refractivity contribution < 1.29 is 19.4 Å². The molecule has 0 unspecified atom stereocenters. The molecular weight excluding hydrogens is 366 g/mol. The number of methoxy groups -OCH3 is 1. The van der Waals surface area contributed by atoms with Crippen molar-refractivity contribution in [3.05, 3.63) is 65.7 Å². The Hall–Kier alpha value is -2.37. The smallest absolute Gasteiger partial charge is 0.226 e. The summed E-state index contributed by atoms with van der Waals surface area (Å²) in [4.78, 5) is 14.7. The molecule has 5 nitrogen and oxygen atoms in total. The molecule has 2 aromatic carbocycles. The highest BCUT2D eigenvalue weighted by Gasteiger charge is 2.44. The first kappa shape index (κ1) is 19.9. The quantitative estimate of drug-likeness (QED) is 0.861. The summed E-state index contributed by atoms with van der Waals surface area (Å²) in [6, 6.07) is 17.8. The molecule has 0 saturated carbocycles. The molecule has 5 heteroatoms. The fraction of sp³-hybridized carbons (Fsp3) is 0.458. The number of hydrogen-bond donors (Lipinski definition) is 1. The average Bonchev–Trinajstić information content (AvgIpc) is 2.75. The van der Waals surface area contributed by atoms with Crippen LogP contribution in [0.4, 0.5) is 0 Å². The standard InChI is InChI=1S/C24H29NO4/c1-28-21-9-7-18(8-10-21)15-23(27)25-13-11-24(12-14-25)17-20(26)16-22(29-24)19-5-3-2-4-6-19/h2-10,20,22,26H,11-17H2,1H3/t20-,22-/m1/s1. The molecule has 2 saturated heterocycles. The predicted molar refractivity (Wildman–Crippen MR) is 111 cm³/mol. The van der Waals surface area contributed by atoms with E-state index < -0.39 is 0 Å². The van der Waals surface area contributed by atoms with E-state index in [1.807, 2.05) is 47.4 Å². The maximum absolute atomic E-state index is 12.7. The van der Waals surface area contributed by atoms with E-state index in [2.05, 4.69) is 12.1 Å². The van der Waals surface area contributed by atoms with Gasteiger partial charge in [-0.2, -0.15) is 0 Å². The monoisotopic (exact) mass is 395 g/mol. The lowest BCUT2D eigenvalue weighted by molar-refractivity contribution is -0.185. The average molecular weight is 395 g/mol. The van der Waals surface area contributed by atoms with Crippen LogP contribution in [0.1, 0.15) is 42.9 Å². The largest absolute Gasteiger partial charge is 0.497 e. The topological polar surface area (TPSA) is 59.0 Å². The molecule has 1 N–H and O–H groups in total. The molecule has 2 aliphatic rings. The normalized spacial score (nSPS) is 23.7. The van der Waals surface area contributed by atoms with Crippen LogP contribution < -0.4 is 4.74 Å². The summed E-state index contributed by atoms with van der Waals surface area (Å²) in [7, 11) is 1.64. The minimum absolute atomic E-state index is 0.0819. The van der Waals surface area contributed by atoms with Crippen molar-refractivity contribution >= 4 is 5.91 Å². The number of aliphatic hydroxyl groups is 1. The van der Waals surface area contributed by atoms with Crippen molar-refractivity contribution in [1.29, 1.82) is 0 Å². The number of aliphatic hydroxyl groups excluding tert-OH is 1. The SMILES string of the molecule is COc1ccc(CC(=O)N2CCC3(CC2)C[C@H](O)C[C@H](c2ccccc2)O3)cc1. The van der Waals surface area contributed by atoms with E-state index in [9.17, 15) is 9.90 Å². The van der Waals surface area contributed by atoms with E-state index in [0.717, 1.165) is 29.7 Å². The van der Waals surface area contributed by atoms with E-state index in [1.165, 1.54) is 0 Å². The Morgan fingerprint density at radius 3 is 2.48 bits per heavy atom. The van der Waals surface area contributed by atoms with Crippen LogP contribution in [-0.2, 0) is 16.0 Å². The molecule has 1 spiro atoms. The molecule has 0 radical (unpaired) electrons. The number of piperidine rings is 1. The first-order valence-corrected chi connectivity index (χ1v) is 10.4. The number of hydrogen-bond acceptors (Lipinski definition) is 4. The van der Waals surface area contributed by atoms with Crippen molar-refractivity contribution in [3.8, 4) is 5.75 Å². The molecule has 2 atom stereocenters. The van der Waals surface area contributed by atoms with Crippen LogP contribution in [0.2, 0.25) is 0 Å². The van der Waals surface area contributed by atoms with Crippen LogP contribution in [0, 0.1) is 0 Å². The number of likely N-dealkylation sites (tertiary alicyclic amines) is 1. The van der Waals surface area contributed by atoms with Gasteiger partial charge in [-0.3, -0.25) is 4.79 Å². The van der Waals surface area contributed by atoms with Gasteiger partial charge in [0.25, 0.3) is 0 Å². The Morgan fingerprint density at radius 2 is 1.83 bits per heavy atom. The third-order valence-electron chi connectivity index (χ3n) is 6.20. The summed E-state index contributed by atoms with van der Waals surface area (Å²) in [5.74, 6) is 0.933. The second kappa shape index (κ2) is 8.56. The Kier molecular flexibility index (Phi) is 5.88. The molecule has 29 heavy (non-hydrogen) atoms. The van der Waals surface area contributed by atoms with Crippen molar-refractivity contribution in [2.45, 2.75) is 49.9 Å². The van der Waals surface area contributed by atoms with Gasteiger partial charge in [0.2, 0.25) is 5.91 Å². The number of nitrogens with zero attached hydrogens (tertiary/aromatic N) is 1. The first-order chi connectivity index (χ1) is 14.1. The van der Waals surface area contributed by atoms with E-state index in [0.29, 0.717) is 32.4 Å². The minimum Gasteiger partial charge on any atom is -0.497 e. The summed E-state index contributed by atoms with van der Waals surface area (Å²) < 4.78 is 11.7. The van der Waals surface area contributed by atoms with E-state index in [4.69, 9.17) is 9.47 Å². The van der Waals surface area contributed by atoms with E-state index >= 15 is 0 Å². The fourth-order valence-electron chi connectivity index (χ4n) is 4.55. The van der Waals surface area contributed by atoms with Gasteiger partial charge in [-0.15, -0.1) is 0 Å². The number of benzene rings is 2. The molecule has 4 rings (SSSR count).